The highest BCUT2D eigenvalue weighted by Gasteiger charge is 2.10. The van der Waals surface area contributed by atoms with Crippen molar-refractivity contribution in [3.05, 3.63) is 54.0 Å². The van der Waals surface area contributed by atoms with Gasteiger partial charge in [-0.25, -0.2) is 4.39 Å². The number of hydrogen-bond acceptors (Lipinski definition) is 4. The molecular weight excluding hydrogens is 265 g/mol. The molecule has 0 aliphatic rings. The van der Waals surface area contributed by atoms with Gasteiger partial charge in [-0.05, 0) is 36.0 Å². The number of nitrogens with zero attached hydrogens (tertiary/aromatic N) is 3. The lowest BCUT2D eigenvalue weighted by molar-refractivity contribution is 0.112. The Hall–Kier alpha value is -2.21. The molecule has 0 saturated carbocycles. The van der Waals surface area contributed by atoms with Gasteiger partial charge in [-0.1, -0.05) is 12.1 Å². The third-order valence-electron chi connectivity index (χ3n) is 2.58. The summed E-state index contributed by atoms with van der Waals surface area (Å²) >= 11 is 1.17. The number of carbonyl (C=O) groups is 1. The summed E-state index contributed by atoms with van der Waals surface area (Å²) in [5.41, 5.74) is 1.02. The van der Waals surface area contributed by atoms with Gasteiger partial charge < -0.3 is 0 Å². The first-order valence-corrected chi connectivity index (χ1v) is 6.32. The maximum Gasteiger partial charge on any atom is 0.200 e. The van der Waals surface area contributed by atoms with E-state index in [4.69, 9.17) is 0 Å². The summed E-state index contributed by atoms with van der Waals surface area (Å²) < 4.78 is 15.6. The van der Waals surface area contributed by atoms with Crippen LogP contribution in [0.3, 0.4) is 0 Å². The summed E-state index contributed by atoms with van der Waals surface area (Å²) in [4.78, 5) is 11.0. The van der Waals surface area contributed by atoms with Crippen LogP contribution in [-0.4, -0.2) is 20.9 Å². The maximum absolute atomic E-state index is 13.8. The largest absolute Gasteiger partial charge is 0.298 e. The molecule has 0 aliphatic carbocycles. The lowest BCUT2D eigenvalue weighted by atomic mass is 10.2. The van der Waals surface area contributed by atoms with Crippen LogP contribution >= 0.6 is 11.8 Å². The van der Waals surface area contributed by atoms with E-state index in [9.17, 15) is 9.18 Å². The summed E-state index contributed by atoms with van der Waals surface area (Å²) in [7, 11) is 0. The van der Waals surface area contributed by atoms with E-state index < -0.39 is 5.82 Å². The molecule has 0 amide bonds. The fourth-order valence-corrected chi connectivity index (χ4v) is 2.48. The first-order chi connectivity index (χ1) is 9.28. The number of fused-ring (bicyclic) bond motifs is 1. The molecule has 19 heavy (non-hydrogen) atoms. The molecule has 0 fully saturated rings. The highest BCUT2D eigenvalue weighted by molar-refractivity contribution is 7.99. The van der Waals surface area contributed by atoms with E-state index >= 15 is 0 Å². The summed E-state index contributed by atoms with van der Waals surface area (Å²) in [6, 6.07) is 9.88. The number of halogens is 1. The van der Waals surface area contributed by atoms with E-state index in [-0.39, 0.29) is 0 Å². The Labute approximate surface area is 112 Å². The van der Waals surface area contributed by atoms with Crippen LogP contribution in [0.2, 0.25) is 0 Å². The van der Waals surface area contributed by atoms with Crippen LogP contribution in [-0.2, 0) is 0 Å². The van der Waals surface area contributed by atoms with Crippen molar-refractivity contribution >= 4 is 23.7 Å². The summed E-state index contributed by atoms with van der Waals surface area (Å²) in [6.07, 6.45) is 2.43. The van der Waals surface area contributed by atoms with Crippen LogP contribution in [0, 0.1) is 5.82 Å². The van der Waals surface area contributed by atoms with E-state index in [0.717, 1.165) is 0 Å². The number of aromatic nitrogens is 3. The number of aldehydes is 1. The Morgan fingerprint density at radius 2 is 2.11 bits per heavy atom. The van der Waals surface area contributed by atoms with E-state index in [2.05, 4.69) is 10.2 Å². The van der Waals surface area contributed by atoms with Gasteiger partial charge in [-0.3, -0.25) is 9.20 Å². The Bertz CT molecular complexity index is 756. The molecule has 1 aromatic carbocycles. The molecule has 0 spiro atoms. The minimum atomic E-state index is -0.442. The molecule has 0 bridgehead atoms. The van der Waals surface area contributed by atoms with Crippen molar-refractivity contribution < 1.29 is 9.18 Å². The highest BCUT2D eigenvalue weighted by Crippen LogP contribution is 2.28. The fourth-order valence-electron chi connectivity index (χ4n) is 1.66. The van der Waals surface area contributed by atoms with Crippen molar-refractivity contribution in [1.82, 2.24) is 14.6 Å². The van der Waals surface area contributed by atoms with Crippen LogP contribution in [0.4, 0.5) is 4.39 Å². The molecule has 94 valence electrons. The van der Waals surface area contributed by atoms with E-state index in [1.54, 1.807) is 16.5 Å². The van der Waals surface area contributed by atoms with Gasteiger partial charge in [0.25, 0.3) is 0 Å². The first-order valence-electron chi connectivity index (χ1n) is 5.50. The van der Waals surface area contributed by atoms with Crippen molar-refractivity contribution in [2.45, 2.75) is 10.1 Å². The number of benzene rings is 1. The van der Waals surface area contributed by atoms with E-state index in [1.165, 1.54) is 17.8 Å². The molecule has 3 rings (SSSR count). The second-order valence-electron chi connectivity index (χ2n) is 3.82. The Kier molecular flexibility index (Phi) is 3.00. The Balaban J connectivity index is 1.99. The van der Waals surface area contributed by atoms with Crippen LogP contribution in [0.5, 0.6) is 0 Å². The fraction of sp³-hybridized carbons (Fsp3) is 0. The van der Waals surface area contributed by atoms with Crippen LogP contribution in [0.15, 0.2) is 52.6 Å². The summed E-state index contributed by atoms with van der Waals surface area (Å²) in [5.74, 6) is -0.442. The zero-order valence-corrected chi connectivity index (χ0v) is 10.5. The van der Waals surface area contributed by atoms with Crippen LogP contribution in [0.1, 0.15) is 10.4 Å². The van der Waals surface area contributed by atoms with Gasteiger partial charge in [0, 0.05) is 11.8 Å². The smallest absolute Gasteiger partial charge is 0.200 e. The second-order valence-corrected chi connectivity index (χ2v) is 4.83. The second kappa shape index (κ2) is 4.81. The van der Waals surface area contributed by atoms with Crippen molar-refractivity contribution in [1.29, 1.82) is 0 Å². The minimum Gasteiger partial charge on any atom is -0.298 e. The lowest BCUT2D eigenvalue weighted by Crippen LogP contribution is -1.89. The average Bonchev–Trinajstić information content (AvgIpc) is 2.84. The molecule has 3 aromatic rings. The predicted octanol–water partition coefficient (Wildman–Crippen LogP) is 2.83. The molecule has 0 atom stereocenters. The zero-order chi connectivity index (χ0) is 13.2. The average molecular weight is 273 g/mol. The van der Waals surface area contributed by atoms with Gasteiger partial charge in [0.15, 0.2) is 5.65 Å². The SMILES string of the molecule is O=Cc1ccc(Sc2nnc3ccccn23)c(F)c1. The lowest BCUT2D eigenvalue weighted by Gasteiger charge is -2.02. The van der Waals surface area contributed by atoms with Crippen molar-refractivity contribution in [2.24, 2.45) is 0 Å². The molecule has 0 aliphatic heterocycles. The third-order valence-corrected chi connectivity index (χ3v) is 3.59. The minimum absolute atomic E-state index is 0.313. The van der Waals surface area contributed by atoms with E-state index in [0.29, 0.717) is 27.5 Å². The molecule has 2 aromatic heterocycles. The molecule has 0 radical (unpaired) electrons. The van der Waals surface area contributed by atoms with Gasteiger partial charge in [0.05, 0.1) is 4.90 Å². The van der Waals surface area contributed by atoms with Crippen molar-refractivity contribution in [2.75, 3.05) is 0 Å². The molecule has 0 unspecified atom stereocenters. The number of pyridine rings is 1. The Morgan fingerprint density at radius 1 is 1.21 bits per heavy atom. The maximum atomic E-state index is 13.8. The van der Waals surface area contributed by atoms with E-state index in [1.807, 2.05) is 24.4 Å². The molecule has 6 heteroatoms. The summed E-state index contributed by atoms with van der Waals surface area (Å²) in [6.45, 7) is 0. The monoisotopic (exact) mass is 273 g/mol. The highest BCUT2D eigenvalue weighted by atomic mass is 32.2. The van der Waals surface area contributed by atoms with Crippen molar-refractivity contribution in [3.63, 3.8) is 0 Å². The number of rotatable bonds is 3. The van der Waals surface area contributed by atoms with Gasteiger partial charge in [-0.2, -0.15) is 0 Å². The van der Waals surface area contributed by atoms with Crippen molar-refractivity contribution in [3.8, 4) is 0 Å². The normalized spacial score (nSPS) is 10.8. The van der Waals surface area contributed by atoms with Gasteiger partial charge >= 0.3 is 0 Å². The zero-order valence-electron chi connectivity index (χ0n) is 9.65. The molecular formula is C13H8FN3OS. The standard InChI is InChI=1S/C13H8FN3OS/c14-10-7-9(8-18)4-5-11(10)19-13-16-15-12-3-1-2-6-17(12)13/h1-8H. The molecule has 0 N–H and O–H groups in total. The van der Waals surface area contributed by atoms with Gasteiger partial charge in [0.1, 0.15) is 12.1 Å². The van der Waals surface area contributed by atoms with Crippen LogP contribution < -0.4 is 0 Å². The summed E-state index contributed by atoms with van der Waals surface area (Å²) in [5, 5.41) is 8.58. The molecule has 4 nitrogen and oxygen atoms in total. The first kappa shape index (κ1) is 11.9. The Morgan fingerprint density at radius 3 is 2.89 bits per heavy atom. The quantitative estimate of drug-likeness (QED) is 0.688. The van der Waals surface area contributed by atoms with Gasteiger partial charge in [-0.15, -0.1) is 10.2 Å². The van der Waals surface area contributed by atoms with Crippen LogP contribution in [0.25, 0.3) is 5.65 Å². The number of hydrogen-bond donors (Lipinski definition) is 0. The van der Waals surface area contributed by atoms with Gasteiger partial charge in [0.2, 0.25) is 5.16 Å². The predicted molar refractivity (Wildman–Crippen MR) is 68.9 cm³/mol. The third kappa shape index (κ3) is 2.22. The molecule has 0 saturated heterocycles. The molecule has 2 heterocycles. The number of carbonyl (C=O) groups excluding carboxylic acids is 1. The topological polar surface area (TPSA) is 47.3 Å².